The maximum atomic E-state index is 13.5. The number of fused-ring (bicyclic) bond motifs is 3. The summed E-state index contributed by atoms with van der Waals surface area (Å²) in [4.78, 5) is 9.28. The fraction of sp³-hybridized carbons (Fsp3) is 0.167. The minimum Gasteiger partial charge on any atom is 0 e. The van der Waals surface area contributed by atoms with Crippen LogP contribution in [0.5, 0.6) is 0 Å². The maximum absolute atomic E-state index is 13.5. The van der Waals surface area contributed by atoms with Gasteiger partial charge in [-0.05, 0) is 57.4 Å². The summed E-state index contributed by atoms with van der Waals surface area (Å²) in [5.41, 5.74) is 9.37. The molecule has 3 heterocycles. The molecule has 0 fully saturated rings. The van der Waals surface area contributed by atoms with E-state index in [1.54, 1.807) is 29.5 Å². The van der Waals surface area contributed by atoms with Crippen LogP contribution in [0, 0.1) is 30.7 Å². The number of thiophene rings is 1. The number of aromatic nitrogens is 2. The summed E-state index contributed by atoms with van der Waals surface area (Å²) in [5.74, 6) is 7.39. The number of hydrogen-bond donors (Lipinski definition) is 0. The second kappa shape index (κ2) is 17.0. The molecular weight excluding hydrogens is 920 g/mol. The van der Waals surface area contributed by atoms with Crippen molar-refractivity contribution in [2.45, 2.75) is 44.4 Å². The van der Waals surface area contributed by atoms with Gasteiger partial charge in [0.25, 0.3) is 0 Å². The molecule has 8 rings (SSSR count). The van der Waals surface area contributed by atoms with Crippen LogP contribution < -0.4 is 4.40 Å². The van der Waals surface area contributed by atoms with Crippen LogP contribution in [0.25, 0.3) is 64.9 Å². The Hall–Kier alpha value is -4.26. The number of benzene rings is 5. The standard InChI is InChI=1S/C28H23FNS.C20H20GeN.Ir/c1-17(2)15-19-13-14-30-25(16-19)23-12-7-18(3)26-24-6-4-5-22(27(24)31-28(23)26)20-8-10-21(29)11-9-20;1-21(2,3)19-12-13-20(22-15-19)18-11-7-10-17(14-18)16-8-5-4-6-9-16;/h4-11,13-14,16-17H,15H2,1-3H3;4-10,12-15H,1-3H3;/q2*-1;/i3D3;;. The van der Waals surface area contributed by atoms with Gasteiger partial charge in [-0.25, -0.2) is 4.39 Å². The summed E-state index contributed by atoms with van der Waals surface area (Å²) < 4.78 is 41.3. The van der Waals surface area contributed by atoms with Crippen molar-refractivity contribution in [3.05, 3.63) is 163 Å². The Morgan fingerprint density at radius 2 is 1.57 bits per heavy atom. The van der Waals surface area contributed by atoms with Gasteiger partial charge in [-0.15, -0.1) is 23.3 Å². The first kappa shape index (κ1) is 35.4. The third kappa shape index (κ3) is 8.82. The van der Waals surface area contributed by atoms with Gasteiger partial charge < -0.3 is 4.98 Å². The average Bonchev–Trinajstić information content (AvgIpc) is 3.58. The minimum atomic E-state index is -2.28. The van der Waals surface area contributed by atoms with Gasteiger partial charge >= 0.3 is 135 Å². The Balaban J connectivity index is 0.000000207. The summed E-state index contributed by atoms with van der Waals surface area (Å²) in [6.45, 7) is 2.08. The van der Waals surface area contributed by atoms with Crippen LogP contribution in [0.4, 0.5) is 4.39 Å². The third-order valence-corrected chi connectivity index (χ3v) is 14.8. The topological polar surface area (TPSA) is 25.8 Å². The Morgan fingerprint density at radius 3 is 2.28 bits per heavy atom. The van der Waals surface area contributed by atoms with E-state index in [0.29, 0.717) is 11.3 Å². The van der Waals surface area contributed by atoms with Crippen molar-refractivity contribution in [3.8, 4) is 44.8 Å². The molecule has 0 N–H and O–H groups in total. The SMILES string of the molecule is [2H]C([2H])([2H])c1c[c-]c(-c2cc(CC(C)C)ccn2)c2sc3c(-c4ccc(F)cc4)cccc3c12.[CH3][Ge]([CH3])([CH3])[c]1ccc(-c2[c-]ccc(-c3ccccc3)c2)nc1.[Ir]. The van der Waals surface area contributed by atoms with Crippen LogP contribution in [0.3, 0.4) is 0 Å². The Kier molecular flexibility index (Phi) is 11.2. The number of hydrogen-bond acceptors (Lipinski definition) is 3. The van der Waals surface area contributed by atoms with Crippen LogP contribution in [-0.2, 0) is 26.5 Å². The zero-order valence-electron chi connectivity index (χ0n) is 34.0. The number of nitrogens with zero attached hydrogens (tertiary/aromatic N) is 2. The Morgan fingerprint density at radius 1 is 0.778 bits per heavy atom. The molecule has 0 saturated carbocycles. The largest absolute Gasteiger partial charge is 0 e. The summed E-state index contributed by atoms with van der Waals surface area (Å²) in [5, 5.41) is 1.59. The molecule has 8 aromatic rings. The van der Waals surface area contributed by atoms with Gasteiger partial charge in [-0.2, -0.15) is 11.3 Å². The molecule has 0 unspecified atom stereocenters. The van der Waals surface area contributed by atoms with Crippen LogP contribution in [0.1, 0.15) is 29.1 Å². The fourth-order valence-corrected chi connectivity index (χ4v) is 10.1. The molecule has 3 aromatic heterocycles. The normalized spacial score (nSPS) is 12.4. The summed E-state index contributed by atoms with van der Waals surface area (Å²) in [6, 6.07) is 45.6. The molecule has 0 aliphatic carbocycles. The number of halogens is 1. The van der Waals surface area contributed by atoms with Gasteiger partial charge in [-0.1, -0.05) is 68.0 Å². The van der Waals surface area contributed by atoms with E-state index in [0.717, 1.165) is 54.8 Å². The van der Waals surface area contributed by atoms with Gasteiger partial charge in [0.05, 0.1) is 0 Å². The van der Waals surface area contributed by atoms with E-state index in [1.807, 2.05) is 42.6 Å². The monoisotopic (exact) mass is 968 g/mol. The molecule has 0 spiro atoms. The van der Waals surface area contributed by atoms with Crippen molar-refractivity contribution in [2.24, 2.45) is 5.92 Å². The molecule has 5 aromatic carbocycles. The van der Waals surface area contributed by atoms with E-state index in [4.69, 9.17) is 4.11 Å². The van der Waals surface area contributed by atoms with Crippen molar-refractivity contribution < 1.29 is 28.6 Å². The summed E-state index contributed by atoms with van der Waals surface area (Å²) in [7, 11) is 0. The molecule has 2 nitrogen and oxygen atoms in total. The molecule has 0 amide bonds. The smallest absolute Gasteiger partial charge is 0 e. The number of rotatable bonds is 7. The molecule has 1 radical (unpaired) electrons. The molecular formula is C48H43FGeIrN2S-2. The zero-order chi connectivity index (χ0) is 39.6. The summed E-state index contributed by atoms with van der Waals surface area (Å²) in [6.07, 6.45) is 4.80. The molecule has 273 valence electrons. The van der Waals surface area contributed by atoms with E-state index in [9.17, 15) is 4.39 Å². The van der Waals surface area contributed by atoms with Gasteiger partial charge in [0, 0.05) is 35.1 Å². The van der Waals surface area contributed by atoms with Crippen LogP contribution >= 0.6 is 11.3 Å². The van der Waals surface area contributed by atoms with E-state index < -0.39 is 20.1 Å². The van der Waals surface area contributed by atoms with Gasteiger partial charge in [0.2, 0.25) is 0 Å². The van der Waals surface area contributed by atoms with Crippen molar-refractivity contribution in [1.29, 1.82) is 0 Å². The average molecular weight is 967 g/mol. The molecule has 0 saturated heterocycles. The first-order chi connectivity index (χ1) is 26.8. The van der Waals surface area contributed by atoms with E-state index >= 15 is 0 Å². The molecule has 0 aliphatic heterocycles. The van der Waals surface area contributed by atoms with Gasteiger partial charge in [0.15, 0.2) is 0 Å². The third-order valence-electron chi connectivity index (χ3n) is 9.27. The summed E-state index contributed by atoms with van der Waals surface area (Å²) >= 11 is -0.246. The van der Waals surface area contributed by atoms with Crippen molar-refractivity contribution >= 4 is 49.2 Å². The zero-order valence-corrected chi connectivity index (χ0v) is 36.3. The Bertz CT molecular complexity index is 2620. The number of pyridine rings is 2. The molecule has 54 heavy (non-hydrogen) atoms. The number of aryl methyl sites for hydroxylation is 1. The molecule has 0 bridgehead atoms. The first-order valence-corrected chi connectivity index (χ1v) is 26.1. The molecule has 0 atom stereocenters. The van der Waals surface area contributed by atoms with Crippen LogP contribution in [0.2, 0.25) is 17.3 Å². The predicted octanol–water partition coefficient (Wildman–Crippen LogP) is 13.0. The second-order valence-corrected chi connectivity index (χ2v) is 26.4. The van der Waals surface area contributed by atoms with Gasteiger partial charge in [0.1, 0.15) is 5.82 Å². The molecule has 6 heteroatoms. The van der Waals surface area contributed by atoms with Crippen LogP contribution in [0.15, 0.2) is 134 Å². The van der Waals surface area contributed by atoms with Crippen molar-refractivity contribution in [1.82, 2.24) is 9.97 Å². The Labute approximate surface area is 343 Å². The van der Waals surface area contributed by atoms with Gasteiger partial charge in [-0.3, -0.25) is 0 Å². The van der Waals surface area contributed by atoms with E-state index in [2.05, 4.69) is 114 Å². The maximum Gasteiger partial charge on any atom is 0 e. The van der Waals surface area contributed by atoms with E-state index in [1.165, 1.54) is 33.2 Å². The van der Waals surface area contributed by atoms with Crippen LogP contribution in [-0.4, -0.2) is 23.2 Å². The predicted molar refractivity (Wildman–Crippen MR) is 227 cm³/mol. The second-order valence-electron chi connectivity index (χ2n) is 14.8. The van der Waals surface area contributed by atoms with Crippen molar-refractivity contribution in [3.63, 3.8) is 0 Å². The minimum absolute atomic E-state index is 0. The molecule has 0 aliphatic rings. The fourth-order valence-electron chi connectivity index (χ4n) is 6.52. The quantitative estimate of drug-likeness (QED) is 0.117. The van der Waals surface area contributed by atoms with E-state index in [-0.39, 0.29) is 31.5 Å². The first-order valence-electron chi connectivity index (χ1n) is 19.4. The van der Waals surface area contributed by atoms with Crippen molar-refractivity contribution in [2.75, 3.05) is 0 Å².